The molecular weight excluding hydrogens is 193 g/mol. The van der Waals surface area contributed by atoms with Crippen LogP contribution in [0, 0.1) is 17.1 Å². The topological polar surface area (TPSA) is 61.8 Å². The van der Waals surface area contributed by atoms with Gasteiger partial charge < -0.3 is 11.1 Å². The van der Waals surface area contributed by atoms with E-state index in [-0.39, 0.29) is 11.1 Å². The maximum atomic E-state index is 13.2. The third kappa shape index (κ3) is 2.67. The molecule has 0 aliphatic heterocycles. The van der Waals surface area contributed by atoms with Gasteiger partial charge in [-0.2, -0.15) is 5.26 Å². The van der Waals surface area contributed by atoms with E-state index in [4.69, 9.17) is 11.0 Å². The number of hydrogen-bond acceptors (Lipinski definition) is 3. The van der Waals surface area contributed by atoms with Crippen LogP contribution in [0.2, 0.25) is 0 Å². The molecule has 1 rings (SSSR count). The molecule has 0 aliphatic rings. The lowest BCUT2D eigenvalue weighted by Crippen LogP contribution is -2.39. The van der Waals surface area contributed by atoms with Gasteiger partial charge in [-0.05, 0) is 26.0 Å². The summed E-state index contributed by atoms with van der Waals surface area (Å²) >= 11 is 0. The molecule has 15 heavy (non-hydrogen) atoms. The van der Waals surface area contributed by atoms with Crippen molar-refractivity contribution in [2.24, 2.45) is 5.73 Å². The average Bonchev–Trinajstić information content (AvgIpc) is 2.18. The highest BCUT2D eigenvalue weighted by Crippen LogP contribution is 2.21. The van der Waals surface area contributed by atoms with Crippen molar-refractivity contribution in [2.75, 3.05) is 11.9 Å². The molecule has 0 aromatic heterocycles. The fourth-order valence-corrected chi connectivity index (χ4v) is 1.16. The molecule has 0 spiro atoms. The monoisotopic (exact) mass is 207 g/mol. The molecule has 0 aliphatic carbocycles. The zero-order valence-electron chi connectivity index (χ0n) is 8.84. The van der Waals surface area contributed by atoms with E-state index in [1.54, 1.807) is 12.1 Å². The Labute approximate surface area is 88.7 Å². The maximum absolute atomic E-state index is 13.2. The smallest absolute Gasteiger partial charge is 0.143 e. The van der Waals surface area contributed by atoms with Crippen molar-refractivity contribution >= 4 is 5.69 Å². The molecule has 0 radical (unpaired) electrons. The van der Waals surface area contributed by atoms with Gasteiger partial charge in [-0.3, -0.25) is 0 Å². The number of nitrogens with one attached hydrogen (secondary N) is 1. The normalized spacial score (nSPS) is 10.9. The van der Waals surface area contributed by atoms with Crippen molar-refractivity contribution in [3.63, 3.8) is 0 Å². The summed E-state index contributed by atoms with van der Waals surface area (Å²) in [7, 11) is 0. The molecule has 4 heteroatoms. The number of benzene rings is 1. The molecule has 0 saturated carbocycles. The Morgan fingerprint density at radius 2 is 2.20 bits per heavy atom. The first-order chi connectivity index (χ1) is 7.00. The third-order valence-electron chi connectivity index (χ3n) is 2.11. The Morgan fingerprint density at radius 3 is 2.73 bits per heavy atom. The fourth-order valence-electron chi connectivity index (χ4n) is 1.16. The van der Waals surface area contributed by atoms with Gasteiger partial charge in [-0.25, -0.2) is 4.39 Å². The van der Waals surface area contributed by atoms with E-state index in [1.807, 2.05) is 19.9 Å². The van der Waals surface area contributed by atoms with E-state index in [9.17, 15) is 4.39 Å². The number of nitrogens with zero attached hydrogens (tertiary/aromatic N) is 1. The van der Waals surface area contributed by atoms with Crippen molar-refractivity contribution in [1.82, 2.24) is 0 Å². The Morgan fingerprint density at radius 1 is 1.53 bits per heavy atom. The SMILES string of the molecule is CC(C)(CN)Nc1cccc(F)c1C#N. The summed E-state index contributed by atoms with van der Waals surface area (Å²) in [4.78, 5) is 0. The summed E-state index contributed by atoms with van der Waals surface area (Å²) in [5, 5.41) is 11.8. The predicted octanol–water partition coefficient (Wildman–Crippen LogP) is 1.85. The molecule has 0 atom stereocenters. The molecule has 1 aromatic carbocycles. The van der Waals surface area contributed by atoms with Gasteiger partial charge in [0.05, 0.1) is 5.69 Å². The van der Waals surface area contributed by atoms with E-state index in [0.717, 1.165) is 0 Å². The highest BCUT2D eigenvalue weighted by molar-refractivity contribution is 5.59. The Hall–Kier alpha value is -1.60. The van der Waals surface area contributed by atoms with Crippen molar-refractivity contribution in [3.8, 4) is 6.07 Å². The van der Waals surface area contributed by atoms with Gasteiger partial charge in [-0.1, -0.05) is 6.07 Å². The van der Waals surface area contributed by atoms with Gasteiger partial charge >= 0.3 is 0 Å². The number of nitriles is 1. The molecule has 0 amide bonds. The van der Waals surface area contributed by atoms with Gasteiger partial charge in [0.15, 0.2) is 0 Å². The summed E-state index contributed by atoms with van der Waals surface area (Å²) in [6.07, 6.45) is 0. The number of halogens is 1. The number of hydrogen-bond donors (Lipinski definition) is 2. The predicted molar refractivity (Wildman–Crippen MR) is 57.9 cm³/mol. The minimum Gasteiger partial charge on any atom is -0.378 e. The zero-order valence-corrected chi connectivity index (χ0v) is 8.84. The Balaban J connectivity index is 3.06. The molecule has 0 unspecified atom stereocenters. The van der Waals surface area contributed by atoms with E-state index >= 15 is 0 Å². The molecule has 0 heterocycles. The summed E-state index contributed by atoms with van der Waals surface area (Å²) in [6.45, 7) is 4.17. The van der Waals surface area contributed by atoms with Gasteiger partial charge in [-0.15, -0.1) is 0 Å². The first-order valence-electron chi connectivity index (χ1n) is 4.67. The Bertz CT molecular complexity index is 393. The second-order valence-electron chi connectivity index (χ2n) is 3.99. The maximum Gasteiger partial charge on any atom is 0.143 e. The summed E-state index contributed by atoms with van der Waals surface area (Å²) in [5.41, 5.74) is 5.69. The van der Waals surface area contributed by atoms with Crippen molar-refractivity contribution in [1.29, 1.82) is 5.26 Å². The van der Waals surface area contributed by atoms with E-state index in [0.29, 0.717) is 12.2 Å². The van der Waals surface area contributed by atoms with Gasteiger partial charge in [0, 0.05) is 12.1 Å². The summed E-state index contributed by atoms with van der Waals surface area (Å²) in [5.74, 6) is -0.518. The Kier molecular flexibility index (Phi) is 3.28. The number of rotatable bonds is 3. The van der Waals surface area contributed by atoms with Gasteiger partial charge in [0.25, 0.3) is 0 Å². The largest absolute Gasteiger partial charge is 0.378 e. The zero-order chi connectivity index (χ0) is 11.5. The minimum atomic E-state index is -0.518. The molecule has 3 N–H and O–H groups in total. The van der Waals surface area contributed by atoms with Crippen LogP contribution in [0.25, 0.3) is 0 Å². The standard InChI is InChI=1S/C11H14FN3/c1-11(2,7-14)15-10-5-3-4-9(12)8(10)6-13/h3-5,15H,7,14H2,1-2H3. The number of nitrogens with two attached hydrogens (primary N) is 1. The van der Waals surface area contributed by atoms with Crippen molar-refractivity contribution in [2.45, 2.75) is 19.4 Å². The molecule has 3 nitrogen and oxygen atoms in total. The van der Waals surface area contributed by atoms with Crippen LogP contribution in [0.5, 0.6) is 0 Å². The molecule has 1 aromatic rings. The lowest BCUT2D eigenvalue weighted by atomic mass is 10.0. The molecule has 80 valence electrons. The first kappa shape index (κ1) is 11.5. The summed E-state index contributed by atoms with van der Waals surface area (Å²) < 4.78 is 13.2. The first-order valence-corrected chi connectivity index (χ1v) is 4.67. The van der Waals surface area contributed by atoms with Crippen LogP contribution in [-0.2, 0) is 0 Å². The van der Waals surface area contributed by atoms with Crippen LogP contribution >= 0.6 is 0 Å². The number of anilines is 1. The second-order valence-corrected chi connectivity index (χ2v) is 3.99. The molecule has 0 fully saturated rings. The average molecular weight is 207 g/mol. The van der Waals surface area contributed by atoms with E-state index in [2.05, 4.69) is 5.32 Å². The van der Waals surface area contributed by atoms with E-state index < -0.39 is 5.82 Å². The highest BCUT2D eigenvalue weighted by atomic mass is 19.1. The molecule has 0 bridgehead atoms. The lowest BCUT2D eigenvalue weighted by Gasteiger charge is -2.26. The van der Waals surface area contributed by atoms with Crippen LogP contribution in [0.15, 0.2) is 18.2 Å². The lowest BCUT2D eigenvalue weighted by molar-refractivity contribution is 0.577. The third-order valence-corrected chi connectivity index (χ3v) is 2.11. The second kappa shape index (κ2) is 4.28. The highest BCUT2D eigenvalue weighted by Gasteiger charge is 2.17. The van der Waals surface area contributed by atoms with Crippen LogP contribution in [0.4, 0.5) is 10.1 Å². The van der Waals surface area contributed by atoms with Crippen LogP contribution in [-0.4, -0.2) is 12.1 Å². The van der Waals surface area contributed by atoms with E-state index in [1.165, 1.54) is 6.07 Å². The minimum absolute atomic E-state index is 0.0269. The van der Waals surface area contributed by atoms with Crippen molar-refractivity contribution < 1.29 is 4.39 Å². The van der Waals surface area contributed by atoms with Crippen LogP contribution in [0.3, 0.4) is 0 Å². The molecular formula is C11H14FN3. The van der Waals surface area contributed by atoms with Crippen molar-refractivity contribution in [3.05, 3.63) is 29.6 Å². The summed E-state index contributed by atoms with van der Waals surface area (Å²) in [6, 6.07) is 6.32. The van der Waals surface area contributed by atoms with Gasteiger partial charge in [0.1, 0.15) is 17.4 Å². The fraction of sp³-hybridized carbons (Fsp3) is 0.364. The van der Waals surface area contributed by atoms with Gasteiger partial charge in [0.2, 0.25) is 0 Å². The molecule has 0 saturated heterocycles. The van der Waals surface area contributed by atoms with Crippen LogP contribution in [0.1, 0.15) is 19.4 Å². The van der Waals surface area contributed by atoms with Crippen LogP contribution < -0.4 is 11.1 Å². The quantitative estimate of drug-likeness (QED) is 0.795.